The van der Waals surface area contributed by atoms with Gasteiger partial charge < -0.3 is 10.6 Å². The number of amides is 1. The fourth-order valence-electron chi connectivity index (χ4n) is 1.56. The van der Waals surface area contributed by atoms with E-state index in [-0.39, 0.29) is 10.9 Å². The number of aliphatic imine (C=N–C) groups is 1. The van der Waals surface area contributed by atoms with Crippen molar-refractivity contribution in [2.75, 3.05) is 13.6 Å². The Morgan fingerprint density at radius 2 is 2.24 bits per heavy atom. The molecular weight excluding hydrogens is 236 g/mol. The summed E-state index contributed by atoms with van der Waals surface area (Å²) in [7, 11) is 1.79. The van der Waals surface area contributed by atoms with E-state index in [4.69, 9.17) is 18.0 Å². The standard InChI is InChI=1S/C11H12N4OS/c1-15-6-9(16)14-11(15)13-8-5-3-2-4-7(8)10(12)17/h2-5H,6H2,1H3,(H2,12,17)(H,13,14,16). The second-order valence-corrected chi connectivity index (χ2v) is 4.16. The molecule has 3 N–H and O–H groups in total. The molecular formula is C11H12N4OS. The minimum absolute atomic E-state index is 0.0703. The normalized spacial score (nSPS) is 17.4. The molecule has 1 aliphatic rings. The maximum atomic E-state index is 11.2. The van der Waals surface area contributed by atoms with Crippen molar-refractivity contribution < 1.29 is 4.79 Å². The molecule has 1 amide bonds. The highest BCUT2D eigenvalue weighted by molar-refractivity contribution is 7.80. The van der Waals surface area contributed by atoms with E-state index >= 15 is 0 Å². The van der Waals surface area contributed by atoms with E-state index in [1.807, 2.05) is 12.1 Å². The van der Waals surface area contributed by atoms with Crippen LogP contribution in [0.3, 0.4) is 0 Å². The molecule has 0 unspecified atom stereocenters. The van der Waals surface area contributed by atoms with Gasteiger partial charge in [0.25, 0.3) is 0 Å². The van der Waals surface area contributed by atoms with Gasteiger partial charge >= 0.3 is 0 Å². The fourth-order valence-corrected chi connectivity index (χ4v) is 1.73. The van der Waals surface area contributed by atoms with Gasteiger partial charge in [0.1, 0.15) is 4.99 Å². The lowest BCUT2D eigenvalue weighted by atomic mass is 10.2. The van der Waals surface area contributed by atoms with Crippen molar-refractivity contribution in [3.05, 3.63) is 29.8 Å². The smallest absolute Gasteiger partial charge is 0.246 e. The Hall–Kier alpha value is -1.95. The zero-order valence-electron chi connectivity index (χ0n) is 9.30. The maximum Gasteiger partial charge on any atom is 0.246 e. The molecule has 17 heavy (non-hydrogen) atoms. The Bertz CT molecular complexity index is 512. The van der Waals surface area contributed by atoms with Crippen LogP contribution in [0.5, 0.6) is 0 Å². The van der Waals surface area contributed by atoms with E-state index in [0.717, 1.165) is 0 Å². The van der Waals surface area contributed by atoms with Crippen LogP contribution in [-0.2, 0) is 4.79 Å². The molecule has 1 heterocycles. The molecule has 1 aromatic rings. The minimum atomic E-state index is -0.0703. The van der Waals surface area contributed by atoms with Gasteiger partial charge in [-0.2, -0.15) is 0 Å². The summed E-state index contributed by atoms with van der Waals surface area (Å²) in [6.45, 7) is 0.314. The summed E-state index contributed by atoms with van der Waals surface area (Å²) in [6, 6.07) is 7.30. The quantitative estimate of drug-likeness (QED) is 0.742. The van der Waals surface area contributed by atoms with Crippen molar-refractivity contribution in [1.29, 1.82) is 0 Å². The summed E-state index contributed by atoms with van der Waals surface area (Å²) < 4.78 is 0. The molecule has 88 valence electrons. The molecule has 1 saturated heterocycles. The van der Waals surface area contributed by atoms with Gasteiger partial charge in [-0.05, 0) is 12.1 Å². The number of hydrogen-bond donors (Lipinski definition) is 2. The number of likely N-dealkylation sites (N-methyl/N-ethyl adjacent to an activating group) is 1. The zero-order chi connectivity index (χ0) is 12.4. The first kappa shape index (κ1) is 11.5. The molecule has 0 spiro atoms. The van der Waals surface area contributed by atoms with Gasteiger partial charge in [-0.3, -0.25) is 10.1 Å². The summed E-state index contributed by atoms with van der Waals surface area (Å²) in [5.41, 5.74) is 6.97. The highest BCUT2D eigenvalue weighted by Gasteiger charge is 2.21. The number of carbonyl (C=O) groups excluding carboxylic acids is 1. The predicted molar refractivity (Wildman–Crippen MR) is 70.2 cm³/mol. The van der Waals surface area contributed by atoms with Crippen LogP contribution in [0.4, 0.5) is 5.69 Å². The summed E-state index contributed by atoms with van der Waals surface area (Å²) in [4.78, 5) is 17.6. The molecule has 0 radical (unpaired) electrons. The highest BCUT2D eigenvalue weighted by atomic mass is 32.1. The summed E-state index contributed by atoms with van der Waals surface area (Å²) in [5, 5.41) is 2.67. The molecule has 2 rings (SSSR count). The number of thiocarbonyl (C=S) groups is 1. The molecule has 6 heteroatoms. The van der Waals surface area contributed by atoms with Gasteiger partial charge in [-0.1, -0.05) is 24.4 Å². The first-order valence-corrected chi connectivity index (χ1v) is 5.47. The molecule has 0 saturated carbocycles. The number of hydrogen-bond acceptors (Lipinski definition) is 3. The van der Waals surface area contributed by atoms with Crippen LogP contribution in [0, 0.1) is 0 Å². The largest absolute Gasteiger partial charge is 0.389 e. The van der Waals surface area contributed by atoms with Gasteiger partial charge in [0, 0.05) is 12.6 Å². The number of guanidine groups is 1. The number of nitrogens with two attached hydrogens (primary N) is 1. The van der Waals surface area contributed by atoms with Crippen molar-refractivity contribution in [3.8, 4) is 0 Å². The third-order valence-corrected chi connectivity index (χ3v) is 2.61. The minimum Gasteiger partial charge on any atom is -0.389 e. The third kappa shape index (κ3) is 2.42. The molecule has 1 aromatic carbocycles. The number of rotatable bonds is 2. The summed E-state index contributed by atoms with van der Waals surface area (Å²) in [5.74, 6) is 0.442. The fraction of sp³-hybridized carbons (Fsp3) is 0.182. The van der Waals surface area contributed by atoms with E-state index < -0.39 is 0 Å². The number of para-hydroxylation sites is 1. The van der Waals surface area contributed by atoms with Gasteiger partial charge in [-0.15, -0.1) is 0 Å². The van der Waals surface area contributed by atoms with Crippen LogP contribution in [0.25, 0.3) is 0 Å². The van der Waals surface area contributed by atoms with Crippen molar-refractivity contribution in [1.82, 2.24) is 10.2 Å². The average Bonchev–Trinajstić information content (AvgIpc) is 2.58. The number of carbonyl (C=O) groups is 1. The molecule has 1 fully saturated rings. The van der Waals surface area contributed by atoms with E-state index in [0.29, 0.717) is 23.8 Å². The second kappa shape index (κ2) is 4.50. The SMILES string of the molecule is CN1CC(=O)NC1=Nc1ccccc1C(N)=S. The van der Waals surface area contributed by atoms with Crippen LogP contribution < -0.4 is 11.1 Å². The van der Waals surface area contributed by atoms with Gasteiger partial charge in [0.15, 0.2) is 0 Å². The molecule has 1 aliphatic heterocycles. The summed E-state index contributed by atoms with van der Waals surface area (Å²) >= 11 is 4.95. The molecule has 0 bridgehead atoms. The lowest BCUT2D eigenvalue weighted by molar-refractivity contribution is -0.118. The maximum absolute atomic E-state index is 11.2. The molecule has 0 aromatic heterocycles. The topological polar surface area (TPSA) is 70.7 Å². The Kier molecular flexibility index (Phi) is 3.06. The second-order valence-electron chi connectivity index (χ2n) is 3.72. The van der Waals surface area contributed by atoms with E-state index in [1.54, 1.807) is 24.1 Å². The Morgan fingerprint density at radius 3 is 2.82 bits per heavy atom. The lowest BCUT2D eigenvalue weighted by Crippen LogP contribution is -2.26. The van der Waals surface area contributed by atoms with Crippen LogP contribution in [-0.4, -0.2) is 35.3 Å². The zero-order valence-corrected chi connectivity index (χ0v) is 10.1. The number of nitrogens with one attached hydrogen (secondary N) is 1. The van der Waals surface area contributed by atoms with Gasteiger partial charge in [-0.25, -0.2) is 4.99 Å². The number of benzene rings is 1. The van der Waals surface area contributed by atoms with Crippen molar-refractivity contribution >= 4 is 34.8 Å². The van der Waals surface area contributed by atoms with Crippen molar-refractivity contribution in [3.63, 3.8) is 0 Å². The van der Waals surface area contributed by atoms with E-state index in [1.165, 1.54) is 0 Å². The van der Waals surface area contributed by atoms with Crippen LogP contribution in [0.2, 0.25) is 0 Å². The number of nitrogens with zero attached hydrogens (tertiary/aromatic N) is 2. The average molecular weight is 248 g/mol. The first-order chi connectivity index (χ1) is 8.08. The van der Waals surface area contributed by atoms with Gasteiger partial charge in [0.2, 0.25) is 11.9 Å². The first-order valence-electron chi connectivity index (χ1n) is 5.06. The Balaban J connectivity index is 2.39. The Morgan fingerprint density at radius 1 is 1.53 bits per heavy atom. The van der Waals surface area contributed by atoms with E-state index in [2.05, 4.69) is 10.3 Å². The highest BCUT2D eigenvalue weighted by Crippen LogP contribution is 2.19. The van der Waals surface area contributed by atoms with Crippen molar-refractivity contribution in [2.45, 2.75) is 0 Å². The monoisotopic (exact) mass is 248 g/mol. The molecule has 0 atom stereocenters. The van der Waals surface area contributed by atoms with Crippen LogP contribution in [0.1, 0.15) is 5.56 Å². The molecule has 5 nitrogen and oxygen atoms in total. The van der Waals surface area contributed by atoms with Gasteiger partial charge in [0.05, 0.1) is 12.2 Å². The Labute approximate surface area is 104 Å². The predicted octanol–water partition coefficient (Wildman–Crippen LogP) is 0.370. The van der Waals surface area contributed by atoms with E-state index in [9.17, 15) is 4.79 Å². The summed E-state index contributed by atoms with van der Waals surface area (Å²) in [6.07, 6.45) is 0. The van der Waals surface area contributed by atoms with Crippen LogP contribution >= 0.6 is 12.2 Å². The third-order valence-electron chi connectivity index (χ3n) is 2.39. The van der Waals surface area contributed by atoms with Crippen LogP contribution in [0.15, 0.2) is 29.3 Å². The lowest BCUT2D eigenvalue weighted by Gasteiger charge is -2.10. The van der Waals surface area contributed by atoms with Crippen molar-refractivity contribution in [2.24, 2.45) is 10.7 Å². The molecule has 0 aliphatic carbocycles.